The SMILES string of the molecule is CCNC(=O)c1ccc(S(=O)(=O)Nc2cc(F)c(C(=O)N[C@@H](Cc3ccc(-n4c(=O)ccn4C)cc3)C(=O)O)c(F)c2)cn1. The Kier molecular flexibility index (Phi) is 9.23. The van der Waals surface area contributed by atoms with Crippen LogP contribution in [0.2, 0.25) is 0 Å². The summed E-state index contributed by atoms with van der Waals surface area (Å²) in [5, 5.41) is 14.2. The predicted octanol–water partition coefficient (Wildman–Crippen LogP) is 1.83. The Labute approximate surface area is 249 Å². The highest BCUT2D eigenvalue weighted by Gasteiger charge is 2.26. The molecular formula is C28H26F2N6O7S. The zero-order valence-electron chi connectivity index (χ0n) is 23.2. The summed E-state index contributed by atoms with van der Waals surface area (Å²) < 4.78 is 60.1. The lowest BCUT2D eigenvalue weighted by atomic mass is 10.0. The third-order valence-electron chi connectivity index (χ3n) is 6.32. The van der Waals surface area contributed by atoms with Crippen LogP contribution < -0.4 is 20.9 Å². The number of sulfonamides is 1. The van der Waals surface area contributed by atoms with Gasteiger partial charge in [0.05, 0.1) is 11.4 Å². The van der Waals surface area contributed by atoms with Crippen molar-refractivity contribution in [3.8, 4) is 5.69 Å². The Morgan fingerprint density at radius 3 is 2.18 bits per heavy atom. The van der Waals surface area contributed by atoms with E-state index in [0.29, 0.717) is 29.9 Å². The molecule has 4 rings (SSSR count). The van der Waals surface area contributed by atoms with E-state index in [0.717, 1.165) is 18.3 Å². The maximum Gasteiger partial charge on any atom is 0.326 e. The number of carbonyl (C=O) groups is 3. The Balaban J connectivity index is 1.47. The number of aliphatic carboxylic acids is 1. The molecule has 0 bridgehead atoms. The van der Waals surface area contributed by atoms with Gasteiger partial charge < -0.3 is 15.7 Å². The second-order valence-electron chi connectivity index (χ2n) is 9.43. The summed E-state index contributed by atoms with van der Waals surface area (Å²) in [5.41, 5.74) is -1.04. The van der Waals surface area contributed by atoms with E-state index in [1.54, 1.807) is 49.1 Å². The standard InChI is InChI=1S/C28H26F2N6O7S/c1-3-31-26(38)22-9-8-19(15-32-22)44(42,43)34-17-13-20(29)25(21(30)14-17)27(39)33-23(28(40)41)12-16-4-6-18(7-5-16)36-24(37)10-11-35(36)2/h4-11,13-15,23,34H,3,12H2,1-2H3,(H,31,38)(H,33,39)(H,40,41)/t23-/m0/s1. The zero-order valence-corrected chi connectivity index (χ0v) is 24.1. The molecule has 0 unspecified atom stereocenters. The summed E-state index contributed by atoms with van der Waals surface area (Å²) in [6.07, 6.45) is 2.21. The van der Waals surface area contributed by atoms with Crippen LogP contribution in [0.3, 0.4) is 0 Å². The molecule has 0 aliphatic carbocycles. The number of amides is 2. The number of aryl methyl sites for hydroxylation is 1. The van der Waals surface area contributed by atoms with Gasteiger partial charge in [-0.2, -0.15) is 0 Å². The van der Waals surface area contributed by atoms with Gasteiger partial charge in [0.1, 0.15) is 33.8 Å². The van der Waals surface area contributed by atoms with Crippen molar-refractivity contribution >= 4 is 33.5 Å². The Bertz CT molecular complexity index is 1870. The summed E-state index contributed by atoms with van der Waals surface area (Å²) >= 11 is 0. The molecule has 0 aliphatic rings. The van der Waals surface area contributed by atoms with Crippen molar-refractivity contribution in [2.75, 3.05) is 11.3 Å². The van der Waals surface area contributed by atoms with Gasteiger partial charge in [0, 0.05) is 38.5 Å². The number of benzene rings is 2. The molecule has 0 saturated heterocycles. The molecule has 230 valence electrons. The zero-order chi connectivity index (χ0) is 32.2. The van der Waals surface area contributed by atoms with Crippen LogP contribution in [0.15, 0.2) is 76.7 Å². The van der Waals surface area contributed by atoms with Gasteiger partial charge in [-0.1, -0.05) is 12.1 Å². The van der Waals surface area contributed by atoms with Crippen molar-refractivity contribution in [1.29, 1.82) is 0 Å². The van der Waals surface area contributed by atoms with Gasteiger partial charge in [-0.05, 0) is 48.9 Å². The molecule has 2 aromatic heterocycles. The molecular weight excluding hydrogens is 602 g/mol. The van der Waals surface area contributed by atoms with Gasteiger partial charge in [-0.3, -0.25) is 23.8 Å². The number of rotatable bonds is 11. The van der Waals surface area contributed by atoms with E-state index in [-0.39, 0.29) is 17.7 Å². The predicted molar refractivity (Wildman–Crippen MR) is 153 cm³/mol. The second-order valence-corrected chi connectivity index (χ2v) is 11.1. The second kappa shape index (κ2) is 12.9. The Morgan fingerprint density at radius 1 is 1.00 bits per heavy atom. The number of aromatic nitrogens is 3. The molecule has 16 heteroatoms. The first kappa shape index (κ1) is 31.6. The molecule has 0 fully saturated rings. The monoisotopic (exact) mass is 628 g/mol. The van der Waals surface area contributed by atoms with Crippen LogP contribution in [-0.2, 0) is 28.3 Å². The van der Waals surface area contributed by atoms with E-state index >= 15 is 0 Å². The van der Waals surface area contributed by atoms with Gasteiger partial charge in [0.2, 0.25) is 0 Å². The van der Waals surface area contributed by atoms with E-state index in [1.165, 1.54) is 10.7 Å². The average Bonchev–Trinajstić information content (AvgIpc) is 3.30. The molecule has 13 nitrogen and oxygen atoms in total. The highest BCUT2D eigenvalue weighted by Crippen LogP contribution is 2.22. The fraction of sp³-hybridized carbons (Fsp3) is 0.179. The molecule has 4 aromatic rings. The summed E-state index contributed by atoms with van der Waals surface area (Å²) in [6, 6.07) is 9.38. The molecule has 0 saturated carbocycles. The van der Waals surface area contributed by atoms with Crippen molar-refractivity contribution in [2.24, 2.45) is 7.05 Å². The van der Waals surface area contributed by atoms with Crippen molar-refractivity contribution in [3.63, 3.8) is 0 Å². The van der Waals surface area contributed by atoms with Crippen LogP contribution in [0.5, 0.6) is 0 Å². The minimum atomic E-state index is -4.40. The topological polar surface area (TPSA) is 181 Å². The first-order chi connectivity index (χ1) is 20.8. The summed E-state index contributed by atoms with van der Waals surface area (Å²) in [6.45, 7) is 2.02. The van der Waals surface area contributed by atoms with Crippen LogP contribution in [-0.4, -0.2) is 58.2 Å². The van der Waals surface area contributed by atoms with E-state index in [2.05, 4.69) is 15.6 Å². The summed E-state index contributed by atoms with van der Waals surface area (Å²) in [7, 11) is -2.73. The minimum absolute atomic E-state index is 0.0427. The van der Waals surface area contributed by atoms with E-state index in [9.17, 15) is 41.5 Å². The highest BCUT2D eigenvalue weighted by atomic mass is 32.2. The van der Waals surface area contributed by atoms with Crippen molar-refractivity contribution in [1.82, 2.24) is 25.0 Å². The normalized spacial score (nSPS) is 11.9. The van der Waals surface area contributed by atoms with E-state index in [1.807, 2.05) is 4.72 Å². The number of nitrogens with one attached hydrogen (secondary N) is 3. The van der Waals surface area contributed by atoms with Crippen molar-refractivity contribution in [3.05, 3.63) is 106 Å². The molecule has 2 amide bonds. The lowest BCUT2D eigenvalue weighted by molar-refractivity contribution is -0.139. The molecule has 0 spiro atoms. The molecule has 2 heterocycles. The fourth-order valence-corrected chi connectivity index (χ4v) is 5.19. The lowest BCUT2D eigenvalue weighted by Gasteiger charge is -2.16. The third-order valence-corrected chi connectivity index (χ3v) is 7.69. The highest BCUT2D eigenvalue weighted by molar-refractivity contribution is 7.92. The molecule has 2 aromatic carbocycles. The van der Waals surface area contributed by atoms with Crippen LogP contribution in [0.4, 0.5) is 14.5 Å². The molecule has 1 atom stereocenters. The van der Waals surface area contributed by atoms with Crippen LogP contribution in [0.25, 0.3) is 5.69 Å². The quantitative estimate of drug-likeness (QED) is 0.194. The fourth-order valence-electron chi connectivity index (χ4n) is 4.20. The van der Waals surface area contributed by atoms with E-state index in [4.69, 9.17) is 0 Å². The summed E-state index contributed by atoms with van der Waals surface area (Å²) in [4.78, 5) is 51.8. The number of hydrogen-bond acceptors (Lipinski definition) is 7. The number of hydrogen-bond donors (Lipinski definition) is 4. The lowest BCUT2D eigenvalue weighted by Crippen LogP contribution is -2.43. The molecule has 4 N–H and O–H groups in total. The van der Waals surface area contributed by atoms with Crippen molar-refractivity contribution < 1.29 is 36.7 Å². The first-order valence-corrected chi connectivity index (χ1v) is 14.4. The van der Waals surface area contributed by atoms with Gasteiger partial charge in [-0.15, -0.1) is 0 Å². The molecule has 44 heavy (non-hydrogen) atoms. The van der Waals surface area contributed by atoms with Crippen molar-refractivity contribution in [2.45, 2.75) is 24.3 Å². The largest absolute Gasteiger partial charge is 0.480 e. The molecule has 0 radical (unpaired) electrons. The Hall–Kier alpha value is -5.38. The third kappa shape index (κ3) is 6.97. The van der Waals surface area contributed by atoms with Crippen LogP contribution in [0, 0.1) is 11.6 Å². The number of halogens is 2. The maximum absolute atomic E-state index is 14.9. The number of nitrogens with zero attached hydrogens (tertiary/aromatic N) is 3. The summed E-state index contributed by atoms with van der Waals surface area (Å²) in [5.74, 6) is -6.28. The van der Waals surface area contributed by atoms with Gasteiger partial charge >= 0.3 is 5.97 Å². The van der Waals surface area contributed by atoms with Gasteiger partial charge in [0.25, 0.3) is 27.4 Å². The van der Waals surface area contributed by atoms with Gasteiger partial charge in [-0.25, -0.2) is 31.7 Å². The first-order valence-electron chi connectivity index (χ1n) is 12.9. The smallest absolute Gasteiger partial charge is 0.326 e. The number of pyridine rings is 1. The van der Waals surface area contributed by atoms with Gasteiger partial charge in [0.15, 0.2) is 0 Å². The maximum atomic E-state index is 14.9. The minimum Gasteiger partial charge on any atom is -0.480 e. The Morgan fingerprint density at radius 2 is 1.66 bits per heavy atom. The number of carboxylic acids is 1. The van der Waals surface area contributed by atoms with Crippen LogP contribution in [0.1, 0.15) is 33.3 Å². The number of anilines is 1. The number of carboxylic acid groups (broad SMARTS) is 1. The molecule has 0 aliphatic heterocycles. The number of carbonyl (C=O) groups excluding carboxylic acids is 2. The van der Waals surface area contributed by atoms with E-state index < -0.39 is 61.6 Å². The van der Waals surface area contributed by atoms with Crippen LogP contribution >= 0.6 is 0 Å². The average molecular weight is 629 g/mol.